The molecular weight excluding hydrogens is 244 g/mol. The number of aryl methyl sites for hydroxylation is 1. The minimum Gasteiger partial charge on any atom is -0.497 e. The highest BCUT2D eigenvalue weighted by Gasteiger charge is 2.27. The molecule has 2 atom stereocenters. The van der Waals surface area contributed by atoms with Crippen LogP contribution in [0.4, 0.5) is 0 Å². The molecule has 0 heterocycles. The molecule has 1 aromatic carbocycles. The fourth-order valence-electron chi connectivity index (χ4n) is 2.32. The van der Waals surface area contributed by atoms with E-state index < -0.39 is 6.10 Å². The first-order valence-corrected chi connectivity index (χ1v) is 6.23. The van der Waals surface area contributed by atoms with E-state index in [1.54, 1.807) is 14.2 Å². The Hall–Kier alpha value is -1.30. The third kappa shape index (κ3) is 3.37. The molecule has 0 spiro atoms. The Balaban J connectivity index is 3.37. The minimum atomic E-state index is -0.656. The van der Waals surface area contributed by atoms with Crippen molar-refractivity contribution in [3.8, 4) is 11.5 Å². The lowest BCUT2D eigenvalue weighted by atomic mass is 9.94. The van der Waals surface area contributed by atoms with Gasteiger partial charge in [-0.2, -0.15) is 0 Å². The Kier molecular flexibility index (Phi) is 5.60. The van der Waals surface area contributed by atoms with Crippen molar-refractivity contribution in [2.75, 3.05) is 34.9 Å². The van der Waals surface area contributed by atoms with Gasteiger partial charge in [0.2, 0.25) is 0 Å². The maximum atomic E-state index is 10.2. The molecule has 0 fully saturated rings. The Labute approximate surface area is 114 Å². The summed E-state index contributed by atoms with van der Waals surface area (Å²) in [5.41, 5.74) is 7.54. The minimum absolute atomic E-state index is 0.192. The van der Waals surface area contributed by atoms with E-state index in [4.69, 9.17) is 15.2 Å². The lowest BCUT2D eigenvalue weighted by molar-refractivity contribution is 0.0803. The molecule has 0 bridgehead atoms. The number of hydrogen-bond acceptors (Lipinski definition) is 5. The van der Waals surface area contributed by atoms with E-state index in [0.717, 1.165) is 16.9 Å². The fraction of sp³-hybridized carbons (Fsp3) is 0.571. The Morgan fingerprint density at radius 1 is 1.26 bits per heavy atom. The van der Waals surface area contributed by atoms with Gasteiger partial charge in [-0.25, -0.2) is 0 Å². The van der Waals surface area contributed by atoms with Crippen LogP contribution in [-0.2, 0) is 0 Å². The molecule has 5 heteroatoms. The van der Waals surface area contributed by atoms with Crippen LogP contribution >= 0.6 is 0 Å². The van der Waals surface area contributed by atoms with Crippen molar-refractivity contribution in [1.29, 1.82) is 0 Å². The van der Waals surface area contributed by atoms with Crippen LogP contribution < -0.4 is 15.2 Å². The molecule has 0 radical (unpaired) electrons. The van der Waals surface area contributed by atoms with Gasteiger partial charge in [-0.15, -0.1) is 0 Å². The predicted molar refractivity (Wildman–Crippen MR) is 75.8 cm³/mol. The highest BCUT2D eigenvalue weighted by molar-refractivity contribution is 5.48. The summed E-state index contributed by atoms with van der Waals surface area (Å²) in [6.07, 6.45) is -0.656. The van der Waals surface area contributed by atoms with Gasteiger partial charge in [-0.05, 0) is 32.6 Å². The smallest absolute Gasteiger partial charge is 0.127 e. The van der Waals surface area contributed by atoms with Crippen LogP contribution in [0, 0.1) is 6.92 Å². The third-order valence-corrected chi connectivity index (χ3v) is 3.24. The molecule has 0 aliphatic carbocycles. The molecule has 19 heavy (non-hydrogen) atoms. The van der Waals surface area contributed by atoms with E-state index in [2.05, 4.69) is 0 Å². The number of nitrogens with two attached hydrogens (primary N) is 1. The van der Waals surface area contributed by atoms with Crippen LogP contribution in [0.3, 0.4) is 0 Å². The van der Waals surface area contributed by atoms with Crippen LogP contribution in [0.5, 0.6) is 11.5 Å². The molecule has 0 saturated heterocycles. The van der Waals surface area contributed by atoms with Crippen molar-refractivity contribution in [3.63, 3.8) is 0 Å². The highest BCUT2D eigenvalue weighted by Crippen LogP contribution is 2.36. The lowest BCUT2D eigenvalue weighted by Crippen LogP contribution is -2.36. The zero-order valence-corrected chi connectivity index (χ0v) is 12.3. The van der Waals surface area contributed by atoms with Crippen LogP contribution in [0.2, 0.25) is 0 Å². The summed E-state index contributed by atoms with van der Waals surface area (Å²) in [5.74, 6) is 1.43. The van der Waals surface area contributed by atoms with E-state index in [1.807, 2.05) is 38.1 Å². The van der Waals surface area contributed by atoms with E-state index in [-0.39, 0.29) is 12.6 Å². The van der Waals surface area contributed by atoms with Gasteiger partial charge in [0.25, 0.3) is 0 Å². The van der Waals surface area contributed by atoms with Gasteiger partial charge in [-0.1, -0.05) is 0 Å². The number of aliphatic hydroxyl groups excluding tert-OH is 1. The summed E-state index contributed by atoms with van der Waals surface area (Å²) in [6.45, 7) is 2.16. The van der Waals surface area contributed by atoms with E-state index >= 15 is 0 Å². The second kappa shape index (κ2) is 6.75. The molecule has 0 saturated carbocycles. The van der Waals surface area contributed by atoms with Crippen molar-refractivity contribution in [3.05, 3.63) is 23.3 Å². The van der Waals surface area contributed by atoms with Crippen molar-refractivity contribution < 1.29 is 14.6 Å². The molecule has 1 aromatic rings. The Morgan fingerprint density at radius 3 is 2.32 bits per heavy atom. The molecule has 0 aliphatic rings. The zero-order valence-electron chi connectivity index (χ0n) is 12.3. The van der Waals surface area contributed by atoms with Crippen LogP contribution in [0.15, 0.2) is 12.1 Å². The van der Waals surface area contributed by atoms with E-state index in [1.165, 1.54) is 0 Å². The van der Waals surface area contributed by atoms with Gasteiger partial charge in [0.1, 0.15) is 11.5 Å². The van der Waals surface area contributed by atoms with Gasteiger partial charge >= 0.3 is 0 Å². The van der Waals surface area contributed by atoms with Crippen molar-refractivity contribution >= 4 is 0 Å². The number of aliphatic hydroxyl groups is 1. The number of likely N-dealkylation sites (N-methyl/N-ethyl adjacent to an activating group) is 1. The van der Waals surface area contributed by atoms with Gasteiger partial charge in [-0.3, -0.25) is 4.90 Å². The van der Waals surface area contributed by atoms with Gasteiger partial charge in [0, 0.05) is 18.2 Å². The SMILES string of the molecule is COc1cc(C)c(C(C(O)CN)N(C)C)c(OC)c1. The largest absolute Gasteiger partial charge is 0.497 e. The summed E-state index contributed by atoms with van der Waals surface area (Å²) in [7, 11) is 7.05. The van der Waals surface area contributed by atoms with Crippen molar-refractivity contribution in [1.82, 2.24) is 4.90 Å². The summed E-state index contributed by atoms with van der Waals surface area (Å²) in [5, 5.41) is 10.2. The molecule has 0 aromatic heterocycles. The quantitative estimate of drug-likeness (QED) is 0.803. The summed E-state index contributed by atoms with van der Waals surface area (Å²) >= 11 is 0. The second-order valence-corrected chi connectivity index (χ2v) is 4.77. The van der Waals surface area contributed by atoms with Crippen LogP contribution in [0.25, 0.3) is 0 Å². The summed E-state index contributed by atoms with van der Waals surface area (Å²) < 4.78 is 10.7. The van der Waals surface area contributed by atoms with E-state index in [0.29, 0.717) is 5.75 Å². The maximum absolute atomic E-state index is 10.2. The molecule has 5 nitrogen and oxygen atoms in total. The molecular formula is C14H24N2O3. The van der Waals surface area contributed by atoms with Gasteiger partial charge in [0.15, 0.2) is 0 Å². The van der Waals surface area contributed by atoms with Gasteiger partial charge < -0.3 is 20.3 Å². The average Bonchev–Trinajstić information content (AvgIpc) is 2.39. The van der Waals surface area contributed by atoms with Gasteiger partial charge in [0.05, 0.1) is 26.4 Å². The normalized spacial score (nSPS) is 14.3. The molecule has 2 unspecified atom stereocenters. The number of nitrogens with zero attached hydrogens (tertiary/aromatic N) is 1. The van der Waals surface area contributed by atoms with E-state index in [9.17, 15) is 5.11 Å². The van der Waals surface area contributed by atoms with Crippen molar-refractivity contribution in [2.24, 2.45) is 5.73 Å². The molecule has 0 aliphatic heterocycles. The first-order chi connectivity index (χ1) is 8.96. The molecule has 3 N–H and O–H groups in total. The Morgan fingerprint density at radius 2 is 1.89 bits per heavy atom. The third-order valence-electron chi connectivity index (χ3n) is 3.24. The highest BCUT2D eigenvalue weighted by atomic mass is 16.5. The number of rotatable bonds is 6. The zero-order chi connectivity index (χ0) is 14.6. The number of ether oxygens (including phenoxy) is 2. The van der Waals surface area contributed by atoms with Crippen molar-refractivity contribution in [2.45, 2.75) is 19.1 Å². The Bertz CT molecular complexity index is 421. The predicted octanol–water partition coefficient (Wildman–Crippen LogP) is 0.935. The first kappa shape index (κ1) is 15.8. The summed E-state index contributed by atoms with van der Waals surface area (Å²) in [6, 6.07) is 3.53. The topological polar surface area (TPSA) is 68.0 Å². The number of hydrogen-bond donors (Lipinski definition) is 2. The summed E-state index contributed by atoms with van der Waals surface area (Å²) in [4.78, 5) is 1.94. The fourth-order valence-corrected chi connectivity index (χ4v) is 2.32. The van der Waals surface area contributed by atoms with Crippen LogP contribution in [0.1, 0.15) is 17.2 Å². The second-order valence-electron chi connectivity index (χ2n) is 4.77. The number of methoxy groups -OCH3 is 2. The standard InChI is InChI=1S/C14H24N2O3/c1-9-6-10(18-4)7-12(19-5)13(9)14(16(2)3)11(17)8-15/h6-7,11,14,17H,8,15H2,1-5H3. The monoisotopic (exact) mass is 268 g/mol. The average molecular weight is 268 g/mol. The van der Waals surface area contributed by atoms with Crippen LogP contribution in [-0.4, -0.2) is 51.0 Å². The lowest BCUT2D eigenvalue weighted by Gasteiger charge is -2.31. The molecule has 108 valence electrons. The maximum Gasteiger partial charge on any atom is 0.127 e. The number of benzene rings is 1. The molecule has 1 rings (SSSR count). The molecule has 0 amide bonds. The first-order valence-electron chi connectivity index (χ1n) is 6.23.